The van der Waals surface area contributed by atoms with Crippen molar-refractivity contribution in [2.24, 2.45) is 0 Å². The van der Waals surface area contributed by atoms with Crippen LogP contribution in [0.2, 0.25) is 0 Å². The fourth-order valence-corrected chi connectivity index (χ4v) is 4.41. The zero-order chi connectivity index (χ0) is 22.9. The summed E-state index contributed by atoms with van der Waals surface area (Å²) >= 11 is 0. The number of nitrogens with zero attached hydrogens (tertiary/aromatic N) is 2. The molecule has 1 saturated heterocycles. The Morgan fingerprint density at radius 3 is 2.58 bits per heavy atom. The standard InChI is InChI=1S/C28H32N2O3/c1-2-9-27(31)26(24-12-7-4-8-13-24)14-15-29-16-18-30(19-17-29)28-22-32-25(21-33-28)20-23-10-5-3-6-11-23/h3-5,7-8,10,12-13,21-22,26H,6,11,14-20H2,1H3. The molecule has 1 unspecified atom stereocenters. The summed E-state index contributed by atoms with van der Waals surface area (Å²) in [7, 11) is 0. The van der Waals surface area contributed by atoms with Crippen LogP contribution in [-0.2, 0) is 14.3 Å². The second-order valence-electron chi connectivity index (χ2n) is 8.56. The second kappa shape index (κ2) is 11.6. The number of ether oxygens (including phenoxy) is 2. The van der Waals surface area contributed by atoms with E-state index in [2.05, 4.69) is 39.9 Å². The number of rotatable bonds is 8. The molecule has 33 heavy (non-hydrogen) atoms. The van der Waals surface area contributed by atoms with Crippen LogP contribution in [0.25, 0.3) is 0 Å². The molecule has 1 aliphatic carbocycles. The minimum absolute atomic E-state index is 0.00264. The van der Waals surface area contributed by atoms with Gasteiger partial charge in [0.25, 0.3) is 0 Å². The van der Waals surface area contributed by atoms with E-state index < -0.39 is 0 Å². The number of carbonyl (C=O) groups excluding carboxylic acids is 1. The summed E-state index contributed by atoms with van der Waals surface area (Å²) in [5, 5.41) is 0. The molecular weight excluding hydrogens is 412 g/mol. The van der Waals surface area contributed by atoms with E-state index in [1.54, 1.807) is 19.4 Å². The Morgan fingerprint density at radius 2 is 1.91 bits per heavy atom. The minimum Gasteiger partial charge on any atom is -0.460 e. The summed E-state index contributed by atoms with van der Waals surface area (Å²) in [5.41, 5.74) is 2.42. The molecular formula is C28H32N2O3. The molecule has 0 N–H and O–H groups in total. The Labute approximate surface area is 197 Å². The van der Waals surface area contributed by atoms with Crippen molar-refractivity contribution >= 4 is 5.78 Å². The third-order valence-corrected chi connectivity index (χ3v) is 6.31. The molecule has 2 heterocycles. The van der Waals surface area contributed by atoms with Gasteiger partial charge >= 0.3 is 0 Å². The lowest BCUT2D eigenvalue weighted by Crippen LogP contribution is -2.46. The van der Waals surface area contributed by atoms with Crippen molar-refractivity contribution in [3.63, 3.8) is 0 Å². The topological polar surface area (TPSA) is 42.0 Å². The van der Waals surface area contributed by atoms with Crippen LogP contribution in [0.3, 0.4) is 0 Å². The van der Waals surface area contributed by atoms with Crippen molar-refractivity contribution in [3.05, 3.63) is 83.9 Å². The summed E-state index contributed by atoms with van der Waals surface area (Å²) in [6.45, 7) is 6.17. The zero-order valence-electron chi connectivity index (χ0n) is 19.3. The van der Waals surface area contributed by atoms with Crippen LogP contribution in [-0.4, -0.2) is 48.3 Å². The Hall–Kier alpha value is -3.23. The molecule has 1 aromatic carbocycles. The quantitative estimate of drug-likeness (QED) is 0.429. The largest absolute Gasteiger partial charge is 0.460 e. The van der Waals surface area contributed by atoms with Crippen molar-refractivity contribution < 1.29 is 14.3 Å². The molecule has 0 bridgehead atoms. The van der Waals surface area contributed by atoms with Crippen molar-refractivity contribution in [2.45, 2.75) is 38.5 Å². The SMILES string of the molecule is CC#CC(=O)C(CCN1CCN(C2=COC(CC3=CC=CCC3)=CO2)CC1)c1ccccc1. The molecule has 0 spiro atoms. The normalized spacial score (nSPS) is 19.2. The molecule has 5 nitrogen and oxygen atoms in total. The predicted molar refractivity (Wildman–Crippen MR) is 130 cm³/mol. The highest BCUT2D eigenvalue weighted by atomic mass is 16.6. The number of hydrogen-bond donors (Lipinski definition) is 0. The maximum atomic E-state index is 12.6. The van der Waals surface area contributed by atoms with Gasteiger partial charge in [-0.2, -0.15) is 0 Å². The first-order valence-electron chi connectivity index (χ1n) is 11.8. The van der Waals surface area contributed by atoms with Crippen molar-refractivity contribution in [1.82, 2.24) is 9.80 Å². The number of ketones is 1. The number of carbonyl (C=O) groups is 1. The van der Waals surface area contributed by atoms with Crippen LogP contribution in [0.5, 0.6) is 0 Å². The molecule has 1 fully saturated rings. The number of allylic oxidation sites excluding steroid dienone is 4. The van der Waals surface area contributed by atoms with Gasteiger partial charge in [0, 0.05) is 32.6 Å². The third kappa shape index (κ3) is 6.40. The maximum absolute atomic E-state index is 12.6. The lowest BCUT2D eigenvalue weighted by Gasteiger charge is -2.37. The van der Waals surface area contributed by atoms with E-state index >= 15 is 0 Å². The van der Waals surface area contributed by atoms with Crippen LogP contribution >= 0.6 is 0 Å². The first-order chi connectivity index (χ1) is 16.2. The van der Waals surface area contributed by atoms with Gasteiger partial charge in [-0.25, -0.2) is 0 Å². The average Bonchev–Trinajstić information content (AvgIpc) is 2.87. The van der Waals surface area contributed by atoms with Crippen LogP contribution in [0, 0.1) is 11.8 Å². The van der Waals surface area contributed by atoms with Crippen LogP contribution in [0.4, 0.5) is 0 Å². The highest BCUT2D eigenvalue weighted by molar-refractivity contribution is 6.00. The van der Waals surface area contributed by atoms with E-state index in [0.29, 0.717) is 0 Å². The number of piperazine rings is 1. The summed E-state index contributed by atoms with van der Waals surface area (Å²) in [6.07, 6.45) is 13.7. The van der Waals surface area contributed by atoms with Crippen LogP contribution in [0.1, 0.15) is 44.1 Å². The second-order valence-corrected chi connectivity index (χ2v) is 8.56. The lowest BCUT2D eigenvalue weighted by atomic mass is 9.91. The monoisotopic (exact) mass is 444 g/mol. The van der Waals surface area contributed by atoms with Gasteiger partial charge in [0.15, 0.2) is 6.26 Å². The average molecular weight is 445 g/mol. The molecule has 0 aromatic heterocycles. The Balaban J connectivity index is 1.24. The molecule has 1 atom stereocenters. The molecule has 2 aliphatic heterocycles. The summed E-state index contributed by atoms with van der Waals surface area (Å²) in [5.74, 6) is 6.96. The van der Waals surface area contributed by atoms with E-state index in [4.69, 9.17) is 9.47 Å². The molecule has 5 heteroatoms. The van der Waals surface area contributed by atoms with Gasteiger partial charge in [0.1, 0.15) is 12.0 Å². The molecule has 0 radical (unpaired) electrons. The third-order valence-electron chi connectivity index (χ3n) is 6.31. The smallest absolute Gasteiger partial charge is 0.231 e. The first-order valence-corrected chi connectivity index (χ1v) is 11.8. The zero-order valence-corrected chi connectivity index (χ0v) is 19.3. The van der Waals surface area contributed by atoms with Gasteiger partial charge in [-0.1, -0.05) is 60.1 Å². The molecule has 1 aromatic rings. The van der Waals surface area contributed by atoms with Gasteiger partial charge in [0.05, 0.1) is 5.92 Å². The van der Waals surface area contributed by atoms with Gasteiger partial charge in [-0.15, -0.1) is 0 Å². The minimum atomic E-state index is -0.173. The van der Waals surface area contributed by atoms with E-state index in [1.165, 1.54) is 5.57 Å². The van der Waals surface area contributed by atoms with Crippen molar-refractivity contribution in [3.8, 4) is 11.8 Å². The lowest BCUT2D eigenvalue weighted by molar-refractivity contribution is -0.115. The highest BCUT2D eigenvalue weighted by Gasteiger charge is 2.24. The van der Waals surface area contributed by atoms with Gasteiger partial charge in [0.2, 0.25) is 11.7 Å². The van der Waals surface area contributed by atoms with E-state index in [-0.39, 0.29) is 11.7 Å². The van der Waals surface area contributed by atoms with Gasteiger partial charge in [-0.05, 0) is 44.2 Å². The van der Waals surface area contributed by atoms with Gasteiger partial charge < -0.3 is 14.4 Å². The Bertz CT molecular complexity index is 1000. The number of benzene rings is 1. The molecule has 172 valence electrons. The maximum Gasteiger partial charge on any atom is 0.231 e. The molecule has 0 amide bonds. The highest BCUT2D eigenvalue weighted by Crippen LogP contribution is 2.26. The molecule has 0 saturated carbocycles. The fourth-order valence-electron chi connectivity index (χ4n) is 4.41. The van der Waals surface area contributed by atoms with Crippen molar-refractivity contribution in [1.29, 1.82) is 0 Å². The summed E-state index contributed by atoms with van der Waals surface area (Å²) < 4.78 is 11.8. The predicted octanol–water partition coefficient (Wildman–Crippen LogP) is 4.72. The van der Waals surface area contributed by atoms with E-state index in [9.17, 15) is 4.79 Å². The van der Waals surface area contributed by atoms with E-state index in [0.717, 1.165) is 75.6 Å². The fraction of sp³-hybridized carbons (Fsp3) is 0.393. The Morgan fingerprint density at radius 1 is 1.09 bits per heavy atom. The van der Waals surface area contributed by atoms with Crippen molar-refractivity contribution in [2.75, 3.05) is 32.7 Å². The van der Waals surface area contributed by atoms with Gasteiger partial charge in [-0.3, -0.25) is 9.69 Å². The summed E-state index contributed by atoms with van der Waals surface area (Å²) in [4.78, 5) is 17.2. The summed E-state index contributed by atoms with van der Waals surface area (Å²) in [6, 6.07) is 9.99. The number of hydrogen-bond acceptors (Lipinski definition) is 5. The molecule has 4 rings (SSSR count). The molecule has 3 aliphatic rings. The first kappa shape index (κ1) is 22.9. The Kier molecular flexibility index (Phi) is 8.05. The van der Waals surface area contributed by atoms with Crippen LogP contribution < -0.4 is 0 Å². The van der Waals surface area contributed by atoms with Crippen LogP contribution in [0.15, 0.2) is 78.3 Å². The van der Waals surface area contributed by atoms with E-state index in [1.807, 2.05) is 30.3 Å². The number of Topliss-reactive ketones (excluding diaryl/α,β-unsaturated/α-hetero) is 1.